The highest BCUT2D eigenvalue weighted by atomic mass is 16.5. The molecule has 84 valence electrons. The molecule has 0 amide bonds. The van der Waals surface area contributed by atoms with E-state index in [1.54, 1.807) is 6.07 Å². The molecule has 0 aromatic carbocycles. The lowest BCUT2D eigenvalue weighted by atomic mass is 10.5. The van der Waals surface area contributed by atoms with Crippen molar-refractivity contribution in [3.63, 3.8) is 0 Å². The second-order valence-electron chi connectivity index (χ2n) is 2.95. The summed E-state index contributed by atoms with van der Waals surface area (Å²) in [5.41, 5.74) is 6.31. The zero-order valence-electron chi connectivity index (χ0n) is 8.76. The number of nitrogens with two attached hydrogens (primary N) is 1. The first kappa shape index (κ1) is 10.1. The number of hydrogen-bond donors (Lipinski definition) is 2. The fourth-order valence-electron chi connectivity index (χ4n) is 1.03. The number of aromatic amines is 1. The van der Waals surface area contributed by atoms with Gasteiger partial charge < -0.3 is 15.2 Å². The minimum Gasteiger partial charge on any atom is -0.467 e. The van der Waals surface area contributed by atoms with Crippen LogP contribution in [0.15, 0.2) is 6.07 Å². The van der Waals surface area contributed by atoms with Gasteiger partial charge in [0.1, 0.15) is 0 Å². The first-order valence-electron chi connectivity index (χ1n) is 4.43. The number of methoxy groups -OCH3 is 1. The van der Waals surface area contributed by atoms with E-state index in [0.717, 1.165) is 5.69 Å². The molecule has 2 aromatic rings. The van der Waals surface area contributed by atoms with E-state index in [-0.39, 0.29) is 18.0 Å². The van der Waals surface area contributed by atoms with Gasteiger partial charge in [-0.05, 0) is 6.92 Å². The van der Waals surface area contributed by atoms with E-state index >= 15 is 0 Å². The maximum Gasteiger partial charge on any atom is 0.331 e. The van der Waals surface area contributed by atoms with Crippen molar-refractivity contribution >= 4 is 5.95 Å². The molecule has 8 nitrogen and oxygen atoms in total. The van der Waals surface area contributed by atoms with Gasteiger partial charge in [0.15, 0.2) is 0 Å². The Bertz CT molecular complexity index is 497. The third kappa shape index (κ3) is 2.16. The molecule has 0 unspecified atom stereocenters. The van der Waals surface area contributed by atoms with Gasteiger partial charge in [-0.15, -0.1) is 10.1 Å². The second-order valence-corrected chi connectivity index (χ2v) is 2.95. The van der Waals surface area contributed by atoms with Crippen molar-refractivity contribution in [3.8, 4) is 17.9 Å². The summed E-state index contributed by atoms with van der Waals surface area (Å²) in [5, 5.41) is 6.59. The number of anilines is 1. The Balaban J connectivity index is 2.24. The number of aryl methyl sites for hydroxylation is 1. The maximum atomic E-state index is 5.44. The molecular formula is C8H10N6O2. The van der Waals surface area contributed by atoms with Crippen molar-refractivity contribution in [1.82, 2.24) is 25.1 Å². The molecule has 0 spiro atoms. The average Bonchev–Trinajstić information content (AvgIpc) is 2.63. The lowest BCUT2D eigenvalue weighted by molar-refractivity contribution is 0.357. The minimum absolute atomic E-state index is 0.0223. The van der Waals surface area contributed by atoms with Gasteiger partial charge in [-0.3, -0.25) is 5.10 Å². The third-order valence-electron chi connectivity index (χ3n) is 1.67. The quantitative estimate of drug-likeness (QED) is 0.767. The number of nitrogens with one attached hydrogen (secondary N) is 1. The standard InChI is InChI=1S/C8H10N6O2/c1-4-3-5(14-13-4)16-8-11-6(9)10-7(12-8)15-2/h3H,1-2H3,(H,13,14)(H2,9,10,11,12). The Labute approximate surface area is 90.8 Å². The lowest BCUT2D eigenvalue weighted by Crippen LogP contribution is -2.02. The van der Waals surface area contributed by atoms with E-state index in [1.807, 2.05) is 6.92 Å². The normalized spacial score (nSPS) is 10.1. The molecule has 2 heterocycles. The molecule has 0 atom stereocenters. The molecule has 0 aliphatic carbocycles. The number of nitrogen functional groups attached to an aromatic ring is 1. The number of rotatable bonds is 3. The molecule has 2 aromatic heterocycles. The zero-order valence-corrected chi connectivity index (χ0v) is 8.76. The van der Waals surface area contributed by atoms with Crippen LogP contribution in [0.1, 0.15) is 5.69 Å². The van der Waals surface area contributed by atoms with Gasteiger partial charge in [0.05, 0.1) is 7.11 Å². The van der Waals surface area contributed by atoms with Crippen LogP contribution in [-0.4, -0.2) is 32.3 Å². The minimum atomic E-state index is 0.0223. The second kappa shape index (κ2) is 4.01. The van der Waals surface area contributed by atoms with E-state index in [0.29, 0.717) is 5.88 Å². The fraction of sp³-hybridized carbons (Fsp3) is 0.250. The molecule has 0 saturated carbocycles. The number of H-pyrrole nitrogens is 1. The van der Waals surface area contributed by atoms with Crippen LogP contribution in [0.4, 0.5) is 5.95 Å². The van der Waals surface area contributed by atoms with E-state index in [9.17, 15) is 0 Å². The van der Waals surface area contributed by atoms with Crippen LogP contribution in [0.2, 0.25) is 0 Å². The molecule has 16 heavy (non-hydrogen) atoms. The summed E-state index contributed by atoms with van der Waals surface area (Å²) in [6, 6.07) is 1.83. The van der Waals surface area contributed by atoms with E-state index in [4.69, 9.17) is 15.2 Å². The highest BCUT2D eigenvalue weighted by molar-refractivity contribution is 5.23. The molecule has 2 rings (SSSR count). The molecule has 3 N–H and O–H groups in total. The monoisotopic (exact) mass is 222 g/mol. The Hall–Kier alpha value is -2.38. The Morgan fingerprint density at radius 3 is 2.62 bits per heavy atom. The summed E-state index contributed by atoms with van der Waals surface area (Å²) in [6.07, 6.45) is 0. The van der Waals surface area contributed by atoms with Crippen LogP contribution in [-0.2, 0) is 0 Å². The summed E-state index contributed by atoms with van der Waals surface area (Å²) in [4.78, 5) is 11.4. The number of aromatic nitrogens is 5. The summed E-state index contributed by atoms with van der Waals surface area (Å²) in [6.45, 7) is 1.85. The van der Waals surface area contributed by atoms with Crippen LogP contribution >= 0.6 is 0 Å². The molecule has 0 fully saturated rings. The highest BCUT2D eigenvalue weighted by Gasteiger charge is 2.08. The molecular weight excluding hydrogens is 212 g/mol. The van der Waals surface area contributed by atoms with Gasteiger partial charge in [0.25, 0.3) is 0 Å². The number of hydrogen-bond acceptors (Lipinski definition) is 7. The Kier molecular flexibility index (Phi) is 2.54. The van der Waals surface area contributed by atoms with Crippen molar-refractivity contribution in [2.24, 2.45) is 0 Å². The van der Waals surface area contributed by atoms with Gasteiger partial charge in [-0.1, -0.05) is 0 Å². The molecule has 0 aliphatic heterocycles. The predicted octanol–water partition coefficient (Wildman–Crippen LogP) is 0.286. The summed E-state index contributed by atoms with van der Waals surface area (Å²) in [7, 11) is 1.43. The topological polar surface area (TPSA) is 112 Å². The van der Waals surface area contributed by atoms with Gasteiger partial charge in [-0.2, -0.15) is 9.97 Å². The van der Waals surface area contributed by atoms with Gasteiger partial charge >= 0.3 is 12.0 Å². The van der Waals surface area contributed by atoms with Gasteiger partial charge in [0, 0.05) is 11.8 Å². The first-order valence-corrected chi connectivity index (χ1v) is 4.43. The molecule has 0 radical (unpaired) electrons. The van der Waals surface area contributed by atoms with Crippen LogP contribution in [0.3, 0.4) is 0 Å². The lowest BCUT2D eigenvalue weighted by Gasteiger charge is -2.02. The van der Waals surface area contributed by atoms with Crippen LogP contribution in [0.25, 0.3) is 0 Å². The Morgan fingerprint density at radius 1 is 1.25 bits per heavy atom. The molecule has 8 heteroatoms. The van der Waals surface area contributed by atoms with Crippen molar-refractivity contribution in [1.29, 1.82) is 0 Å². The SMILES string of the molecule is COc1nc(N)nc(Oc2cc(C)[nH]n2)n1. The number of ether oxygens (including phenoxy) is 2. The van der Waals surface area contributed by atoms with Gasteiger partial charge in [0.2, 0.25) is 11.8 Å². The predicted molar refractivity (Wildman–Crippen MR) is 54.2 cm³/mol. The molecule has 0 bridgehead atoms. The largest absolute Gasteiger partial charge is 0.467 e. The highest BCUT2D eigenvalue weighted by Crippen LogP contribution is 2.17. The first-order chi connectivity index (χ1) is 7.67. The average molecular weight is 222 g/mol. The van der Waals surface area contributed by atoms with Crippen LogP contribution < -0.4 is 15.2 Å². The van der Waals surface area contributed by atoms with Crippen LogP contribution in [0, 0.1) is 6.92 Å². The number of nitrogens with zero attached hydrogens (tertiary/aromatic N) is 4. The van der Waals surface area contributed by atoms with Gasteiger partial charge in [-0.25, -0.2) is 0 Å². The van der Waals surface area contributed by atoms with E-state index < -0.39 is 0 Å². The summed E-state index contributed by atoms with van der Waals surface area (Å²) in [5.74, 6) is 0.374. The van der Waals surface area contributed by atoms with Crippen molar-refractivity contribution < 1.29 is 9.47 Å². The van der Waals surface area contributed by atoms with E-state index in [2.05, 4.69) is 25.1 Å². The molecule has 0 aliphatic rings. The van der Waals surface area contributed by atoms with Crippen molar-refractivity contribution in [3.05, 3.63) is 11.8 Å². The van der Waals surface area contributed by atoms with Crippen molar-refractivity contribution in [2.45, 2.75) is 6.92 Å². The van der Waals surface area contributed by atoms with Crippen molar-refractivity contribution in [2.75, 3.05) is 12.8 Å². The smallest absolute Gasteiger partial charge is 0.331 e. The third-order valence-corrected chi connectivity index (χ3v) is 1.67. The Morgan fingerprint density at radius 2 is 2.00 bits per heavy atom. The van der Waals surface area contributed by atoms with E-state index in [1.165, 1.54) is 7.11 Å². The summed E-state index contributed by atoms with van der Waals surface area (Å²) < 4.78 is 10.1. The van der Waals surface area contributed by atoms with Crippen LogP contribution in [0.5, 0.6) is 17.9 Å². The molecule has 0 saturated heterocycles. The zero-order chi connectivity index (χ0) is 11.5. The summed E-state index contributed by atoms with van der Waals surface area (Å²) >= 11 is 0. The maximum absolute atomic E-state index is 5.44. The fourth-order valence-corrected chi connectivity index (χ4v) is 1.03.